The van der Waals surface area contributed by atoms with Crippen LogP contribution in [-0.2, 0) is 7.05 Å². The number of halogens is 1. The molecule has 0 N–H and O–H groups in total. The highest BCUT2D eigenvalue weighted by Crippen LogP contribution is 2.27. The van der Waals surface area contributed by atoms with E-state index in [9.17, 15) is 4.79 Å². The Bertz CT molecular complexity index is 850. The van der Waals surface area contributed by atoms with Gasteiger partial charge in [-0.2, -0.15) is 5.10 Å². The number of rotatable bonds is 4. The Labute approximate surface area is 170 Å². The third kappa shape index (κ3) is 4.15. The molecular weight excluding hydrogens is 376 g/mol. The largest absolute Gasteiger partial charge is 0.369 e. The summed E-state index contributed by atoms with van der Waals surface area (Å²) in [5.41, 5.74) is 0.543. The van der Waals surface area contributed by atoms with E-state index >= 15 is 0 Å². The van der Waals surface area contributed by atoms with Gasteiger partial charge in [-0.15, -0.1) is 0 Å². The average Bonchev–Trinajstić information content (AvgIpc) is 2.73. The Morgan fingerprint density at radius 3 is 2.71 bits per heavy atom. The van der Waals surface area contributed by atoms with E-state index in [2.05, 4.69) is 30.8 Å². The molecular formula is C20H27ClN6O. The van der Waals surface area contributed by atoms with Crippen LogP contribution >= 0.6 is 11.6 Å². The van der Waals surface area contributed by atoms with Gasteiger partial charge in [0.15, 0.2) is 0 Å². The van der Waals surface area contributed by atoms with Gasteiger partial charge >= 0.3 is 0 Å². The van der Waals surface area contributed by atoms with Crippen LogP contribution in [0.5, 0.6) is 0 Å². The standard InChI is InChI=1S/C20H27ClN6O/c1-24-20(28)19(21)17(13-23-24)27-8-4-5-16(15-27)14-25-9-11-26(12-10-25)18-6-2-3-7-22-18/h2-3,6-7,13,16H,4-5,8-12,14-15H2,1H3. The molecule has 2 aromatic heterocycles. The van der Waals surface area contributed by atoms with Crippen molar-refractivity contribution in [3.63, 3.8) is 0 Å². The SMILES string of the molecule is Cn1ncc(N2CCCC(CN3CCN(c4ccccn4)CC3)C2)c(Cl)c1=O. The molecule has 8 heteroatoms. The van der Waals surface area contributed by atoms with Gasteiger partial charge < -0.3 is 9.80 Å². The summed E-state index contributed by atoms with van der Waals surface area (Å²) in [6, 6.07) is 6.08. The highest BCUT2D eigenvalue weighted by molar-refractivity contribution is 6.33. The first-order chi connectivity index (χ1) is 13.6. The molecule has 0 saturated carbocycles. The van der Waals surface area contributed by atoms with Gasteiger partial charge in [0.05, 0.1) is 11.9 Å². The van der Waals surface area contributed by atoms with Crippen LogP contribution in [0.1, 0.15) is 12.8 Å². The number of aromatic nitrogens is 3. The summed E-state index contributed by atoms with van der Waals surface area (Å²) in [5.74, 6) is 1.65. The summed E-state index contributed by atoms with van der Waals surface area (Å²) in [6.45, 7) is 7.08. The molecule has 0 spiro atoms. The van der Waals surface area contributed by atoms with Crippen LogP contribution < -0.4 is 15.4 Å². The zero-order chi connectivity index (χ0) is 19.5. The number of aryl methyl sites for hydroxylation is 1. The molecule has 0 radical (unpaired) electrons. The van der Waals surface area contributed by atoms with E-state index in [1.807, 2.05) is 18.3 Å². The van der Waals surface area contributed by atoms with Crippen molar-refractivity contribution in [2.75, 3.05) is 55.6 Å². The first kappa shape index (κ1) is 19.2. The molecule has 1 atom stereocenters. The van der Waals surface area contributed by atoms with Gasteiger partial charge in [0.25, 0.3) is 5.56 Å². The van der Waals surface area contributed by atoms with E-state index in [-0.39, 0.29) is 10.6 Å². The van der Waals surface area contributed by atoms with Gasteiger partial charge in [0.1, 0.15) is 10.8 Å². The number of piperazine rings is 1. The van der Waals surface area contributed by atoms with Crippen molar-refractivity contribution in [1.29, 1.82) is 0 Å². The summed E-state index contributed by atoms with van der Waals surface area (Å²) in [7, 11) is 1.63. The predicted molar refractivity (Wildman–Crippen MR) is 112 cm³/mol. The quantitative estimate of drug-likeness (QED) is 0.778. The lowest BCUT2D eigenvalue weighted by Crippen LogP contribution is -2.50. The highest BCUT2D eigenvalue weighted by Gasteiger charge is 2.26. The smallest absolute Gasteiger partial charge is 0.287 e. The second-order valence-electron chi connectivity index (χ2n) is 7.70. The van der Waals surface area contributed by atoms with Crippen molar-refractivity contribution in [1.82, 2.24) is 19.7 Å². The molecule has 28 heavy (non-hydrogen) atoms. The lowest BCUT2D eigenvalue weighted by Gasteiger charge is -2.40. The third-order valence-electron chi connectivity index (χ3n) is 5.78. The number of piperidine rings is 1. The predicted octanol–water partition coefficient (Wildman–Crippen LogP) is 1.87. The summed E-state index contributed by atoms with van der Waals surface area (Å²) in [4.78, 5) is 23.7. The van der Waals surface area contributed by atoms with Crippen molar-refractivity contribution in [3.8, 4) is 0 Å². The molecule has 1 unspecified atom stereocenters. The van der Waals surface area contributed by atoms with Crippen molar-refractivity contribution in [2.45, 2.75) is 12.8 Å². The number of hydrogen-bond acceptors (Lipinski definition) is 6. The van der Waals surface area contributed by atoms with Gasteiger partial charge in [-0.25, -0.2) is 9.67 Å². The summed E-state index contributed by atoms with van der Waals surface area (Å²) in [5, 5.41) is 4.43. The molecule has 4 heterocycles. The zero-order valence-electron chi connectivity index (χ0n) is 16.3. The third-order valence-corrected chi connectivity index (χ3v) is 6.14. The maximum absolute atomic E-state index is 12.1. The van der Waals surface area contributed by atoms with Gasteiger partial charge in [-0.05, 0) is 30.9 Å². The van der Waals surface area contributed by atoms with Crippen LogP contribution in [0, 0.1) is 5.92 Å². The molecule has 4 rings (SSSR count). The van der Waals surface area contributed by atoms with Crippen molar-refractivity contribution in [2.24, 2.45) is 13.0 Å². The molecule has 2 aliphatic rings. The first-order valence-electron chi connectivity index (χ1n) is 9.97. The Balaban J connectivity index is 1.34. The maximum Gasteiger partial charge on any atom is 0.287 e. The van der Waals surface area contributed by atoms with E-state index in [4.69, 9.17) is 11.6 Å². The molecule has 2 saturated heterocycles. The monoisotopic (exact) mass is 402 g/mol. The van der Waals surface area contributed by atoms with Gasteiger partial charge in [0, 0.05) is 59.1 Å². The minimum absolute atomic E-state index is 0.230. The van der Waals surface area contributed by atoms with Gasteiger partial charge in [-0.3, -0.25) is 9.69 Å². The molecule has 150 valence electrons. The van der Waals surface area contributed by atoms with E-state index in [1.54, 1.807) is 13.2 Å². The van der Waals surface area contributed by atoms with E-state index < -0.39 is 0 Å². The minimum atomic E-state index is -0.230. The molecule has 0 aromatic carbocycles. The molecule has 2 aromatic rings. The molecule has 0 bridgehead atoms. The molecule has 2 fully saturated rings. The Morgan fingerprint density at radius 1 is 1.14 bits per heavy atom. The fraction of sp³-hybridized carbons (Fsp3) is 0.550. The van der Waals surface area contributed by atoms with E-state index in [0.29, 0.717) is 5.92 Å². The van der Waals surface area contributed by atoms with Gasteiger partial charge in [-0.1, -0.05) is 17.7 Å². The highest BCUT2D eigenvalue weighted by atomic mass is 35.5. The lowest BCUT2D eigenvalue weighted by atomic mass is 9.96. The normalized spacial score (nSPS) is 21.1. The van der Waals surface area contributed by atoms with Crippen LogP contribution in [0.15, 0.2) is 35.4 Å². The van der Waals surface area contributed by atoms with Crippen molar-refractivity contribution in [3.05, 3.63) is 46.0 Å². The number of hydrogen-bond donors (Lipinski definition) is 0. The van der Waals surface area contributed by atoms with Crippen molar-refractivity contribution >= 4 is 23.1 Å². The fourth-order valence-corrected chi connectivity index (χ4v) is 4.51. The summed E-state index contributed by atoms with van der Waals surface area (Å²) < 4.78 is 1.29. The topological polar surface area (TPSA) is 57.5 Å². The van der Waals surface area contributed by atoms with E-state index in [0.717, 1.165) is 63.7 Å². The Kier molecular flexibility index (Phi) is 5.82. The van der Waals surface area contributed by atoms with Crippen LogP contribution in [-0.4, -0.2) is 65.5 Å². The van der Waals surface area contributed by atoms with Gasteiger partial charge in [0.2, 0.25) is 0 Å². The minimum Gasteiger partial charge on any atom is -0.369 e. The molecule has 0 amide bonds. The summed E-state index contributed by atoms with van der Waals surface area (Å²) >= 11 is 6.31. The average molecular weight is 403 g/mol. The van der Waals surface area contributed by atoms with Crippen LogP contribution in [0.2, 0.25) is 5.02 Å². The van der Waals surface area contributed by atoms with Crippen LogP contribution in [0.25, 0.3) is 0 Å². The second kappa shape index (κ2) is 8.49. The van der Waals surface area contributed by atoms with Crippen LogP contribution in [0.3, 0.4) is 0 Å². The number of nitrogens with zero attached hydrogens (tertiary/aromatic N) is 6. The molecule has 2 aliphatic heterocycles. The maximum atomic E-state index is 12.1. The Hall–Kier alpha value is -2.12. The molecule has 0 aliphatic carbocycles. The van der Waals surface area contributed by atoms with E-state index in [1.165, 1.54) is 11.1 Å². The zero-order valence-corrected chi connectivity index (χ0v) is 17.1. The van der Waals surface area contributed by atoms with Crippen molar-refractivity contribution < 1.29 is 0 Å². The second-order valence-corrected chi connectivity index (χ2v) is 8.08. The fourth-order valence-electron chi connectivity index (χ4n) is 4.22. The van der Waals surface area contributed by atoms with Crippen LogP contribution in [0.4, 0.5) is 11.5 Å². The lowest BCUT2D eigenvalue weighted by molar-refractivity contribution is 0.205. The number of pyridine rings is 1. The summed E-state index contributed by atoms with van der Waals surface area (Å²) in [6.07, 6.45) is 5.91. The number of anilines is 2. The first-order valence-corrected chi connectivity index (χ1v) is 10.3. The molecule has 7 nitrogen and oxygen atoms in total. The Morgan fingerprint density at radius 2 is 1.96 bits per heavy atom.